The second kappa shape index (κ2) is 4.98. The van der Waals surface area contributed by atoms with Gasteiger partial charge in [0.05, 0.1) is 0 Å². The molecule has 0 aromatic heterocycles. The minimum absolute atomic E-state index is 0.523. The second-order valence-corrected chi connectivity index (χ2v) is 6.78. The van der Waals surface area contributed by atoms with Crippen molar-refractivity contribution in [2.24, 2.45) is 5.92 Å². The Morgan fingerprint density at radius 1 is 0.818 bits per heavy atom. The van der Waals surface area contributed by atoms with Gasteiger partial charge in [-0.25, -0.2) is 0 Å². The topological polar surface area (TPSA) is 0 Å². The van der Waals surface area contributed by atoms with Gasteiger partial charge in [-0.15, -0.1) is 0 Å². The summed E-state index contributed by atoms with van der Waals surface area (Å²) in [6, 6.07) is 13.4. The molecule has 2 aromatic carbocycles. The van der Waals surface area contributed by atoms with E-state index in [0.717, 1.165) is 0 Å². The monoisotopic (exact) mass is 286 g/mol. The molecule has 2 aliphatic carbocycles. The molecule has 2 aliphatic rings. The van der Waals surface area contributed by atoms with Crippen LogP contribution in [-0.4, -0.2) is 0 Å². The molecular formula is C22H22. The Morgan fingerprint density at radius 3 is 2.41 bits per heavy atom. The van der Waals surface area contributed by atoms with Gasteiger partial charge in [0.2, 0.25) is 0 Å². The van der Waals surface area contributed by atoms with E-state index >= 15 is 0 Å². The zero-order valence-corrected chi connectivity index (χ0v) is 13.5. The first-order chi connectivity index (χ1) is 10.7. The molecule has 0 aliphatic heterocycles. The van der Waals surface area contributed by atoms with Crippen LogP contribution in [-0.2, 0) is 0 Å². The third kappa shape index (κ3) is 1.90. The summed E-state index contributed by atoms with van der Waals surface area (Å²) >= 11 is 0. The first-order valence-electron chi connectivity index (χ1n) is 8.22. The molecule has 0 nitrogen and oxygen atoms in total. The van der Waals surface area contributed by atoms with E-state index in [1.807, 2.05) is 0 Å². The lowest BCUT2D eigenvalue weighted by Crippen LogP contribution is -2.15. The molecule has 0 saturated heterocycles. The molecule has 22 heavy (non-hydrogen) atoms. The summed E-state index contributed by atoms with van der Waals surface area (Å²) in [5, 5.41) is 0. The van der Waals surface area contributed by atoms with Crippen molar-refractivity contribution in [2.45, 2.75) is 32.6 Å². The highest BCUT2D eigenvalue weighted by atomic mass is 14.4. The van der Waals surface area contributed by atoms with Gasteiger partial charge in [0.15, 0.2) is 0 Å². The summed E-state index contributed by atoms with van der Waals surface area (Å²) in [6.07, 6.45) is 9.44. The van der Waals surface area contributed by atoms with E-state index in [1.165, 1.54) is 33.4 Å². The van der Waals surface area contributed by atoms with Crippen molar-refractivity contribution in [3.8, 4) is 0 Å². The Bertz CT molecular complexity index is 792. The molecule has 2 aromatic rings. The van der Waals surface area contributed by atoms with Crippen molar-refractivity contribution < 1.29 is 0 Å². The van der Waals surface area contributed by atoms with Crippen LogP contribution < -0.4 is 0 Å². The molecule has 0 bridgehead atoms. The van der Waals surface area contributed by atoms with Crippen LogP contribution in [0.5, 0.6) is 0 Å². The molecule has 0 heteroatoms. The fourth-order valence-electron chi connectivity index (χ4n) is 4.25. The summed E-state index contributed by atoms with van der Waals surface area (Å²) < 4.78 is 0. The molecule has 110 valence electrons. The lowest BCUT2D eigenvalue weighted by atomic mass is 9.77. The third-order valence-corrected chi connectivity index (χ3v) is 5.49. The van der Waals surface area contributed by atoms with E-state index < -0.39 is 0 Å². The van der Waals surface area contributed by atoms with E-state index in [2.05, 4.69) is 81.5 Å². The van der Waals surface area contributed by atoms with E-state index in [9.17, 15) is 0 Å². The quantitative estimate of drug-likeness (QED) is 0.648. The number of benzene rings is 2. The first kappa shape index (κ1) is 13.6. The van der Waals surface area contributed by atoms with Gasteiger partial charge in [0, 0.05) is 11.8 Å². The molecule has 0 N–H and O–H groups in total. The van der Waals surface area contributed by atoms with Crippen molar-refractivity contribution in [1.82, 2.24) is 0 Å². The molecule has 0 spiro atoms. The summed E-state index contributed by atoms with van der Waals surface area (Å²) in [5.74, 6) is 1.63. The average molecular weight is 286 g/mol. The number of allylic oxidation sites excluding steroid dienone is 2. The predicted molar refractivity (Wildman–Crippen MR) is 95.1 cm³/mol. The molecule has 4 rings (SSSR count). The fourth-order valence-corrected chi connectivity index (χ4v) is 4.25. The Hall–Kier alpha value is -2.08. The van der Waals surface area contributed by atoms with Gasteiger partial charge >= 0.3 is 0 Å². The molecule has 3 atom stereocenters. The number of rotatable bonds is 2. The van der Waals surface area contributed by atoms with Crippen LogP contribution in [0.4, 0.5) is 0 Å². The molecule has 3 unspecified atom stereocenters. The minimum atomic E-state index is 0.523. The lowest BCUT2D eigenvalue weighted by molar-refractivity contribution is 0.481. The average Bonchev–Trinajstić information content (AvgIpc) is 3.12. The van der Waals surface area contributed by atoms with E-state index in [0.29, 0.717) is 17.8 Å². The molecule has 0 fully saturated rings. The second-order valence-electron chi connectivity index (χ2n) is 6.78. The van der Waals surface area contributed by atoms with Crippen LogP contribution in [0.3, 0.4) is 0 Å². The van der Waals surface area contributed by atoms with Crippen LogP contribution in [0.25, 0.3) is 12.2 Å². The van der Waals surface area contributed by atoms with Crippen molar-refractivity contribution in [3.63, 3.8) is 0 Å². The molecule has 0 radical (unpaired) electrons. The van der Waals surface area contributed by atoms with Gasteiger partial charge in [-0.1, -0.05) is 67.6 Å². The molecule has 0 saturated carbocycles. The summed E-state index contributed by atoms with van der Waals surface area (Å²) in [7, 11) is 0. The van der Waals surface area contributed by atoms with Crippen molar-refractivity contribution >= 4 is 12.2 Å². The smallest absolute Gasteiger partial charge is 0.00643 e. The van der Waals surface area contributed by atoms with E-state index in [-0.39, 0.29) is 0 Å². The van der Waals surface area contributed by atoms with Gasteiger partial charge in [-0.05, 0) is 53.1 Å². The van der Waals surface area contributed by atoms with Gasteiger partial charge < -0.3 is 0 Å². The maximum atomic E-state index is 2.41. The highest BCUT2D eigenvalue weighted by Gasteiger charge is 2.32. The normalized spacial score (nSPS) is 22.7. The van der Waals surface area contributed by atoms with Crippen LogP contribution in [0.15, 0.2) is 48.6 Å². The Kier molecular flexibility index (Phi) is 3.07. The van der Waals surface area contributed by atoms with Crippen molar-refractivity contribution in [2.75, 3.05) is 0 Å². The molecule has 0 amide bonds. The number of hydrogen-bond donors (Lipinski definition) is 0. The van der Waals surface area contributed by atoms with Crippen LogP contribution in [0.1, 0.15) is 52.1 Å². The van der Waals surface area contributed by atoms with Gasteiger partial charge in [-0.2, -0.15) is 0 Å². The number of hydrogen-bond acceptors (Lipinski definition) is 0. The minimum Gasteiger partial charge on any atom is -0.0761 e. The molecule has 0 heterocycles. The van der Waals surface area contributed by atoms with Crippen LogP contribution in [0.2, 0.25) is 0 Å². The summed E-state index contributed by atoms with van der Waals surface area (Å²) in [6.45, 7) is 6.86. The standard InChI is InChI=1S/C22H22/c1-14-6-5-9-21-18(14)12-13-19(21)16(3)20-11-10-17-8-4-7-15(2)22(17)20/h4-13,16,19-20H,1-3H3. The maximum Gasteiger partial charge on any atom is 0.00643 e. The Balaban J connectivity index is 1.72. The first-order valence-corrected chi connectivity index (χ1v) is 8.22. The Labute approximate surface area is 133 Å². The molecular weight excluding hydrogens is 264 g/mol. The van der Waals surface area contributed by atoms with E-state index in [1.54, 1.807) is 0 Å². The zero-order chi connectivity index (χ0) is 15.3. The van der Waals surface area contributed by atoms with Crippen molar-refractivity contribution in [3.05, 3.63) is 81.9 Å². The van der Waals surface area contributed by atoms with Gasteiger partial charge in [0.25, 0.3) is 0 Å². The van der Waals surface area contributed by atoms with E-state index in [4.69, 9.17) is 0 Å². The fraction of sp³-hybridized carbons (Fsp3) is 0.273. The lowest BCUT2D eigenvalue weighted by Gasteiger charge is -2.27. The summed E-state index contributed by atoms with van der Waals surface area (Å²) in [5.41, 5.74) is 8.69. The largest absolute Gasteiger partial charge is 0.0761 e. The third-order valence-electron chi connectivity index (χ3n) is 5.49. The maximum absolute atomic E-state index is 2.41. The van der Waals surface area contributed by atoms with Gasteiger partial charge in [0.1, 0.15) is 0 Å². The number of aryl methyl sites for hydroxylation is 2. The SMILES string of the molecule is Cc1cccc2c1C=CC2C(C)C1C=Cc2cccc(C)c21. The predicted octanol–water partition coefficient (Wildman–Crippen LogP) is 5.86. The number of fused-ring (bicyclic) bond motifs is 2. The van der Waals surface area contributed by atoms with Crippen LogP contribution >= 0.6 is 0 Å². The summed E-state index contributed by atoms with van der Waals surface area (Å²) in [4.78, 5) is 0. The van der Waals surface area contributed by atoms with Gasteiger partial charge in [-0.3, -0.25) is 0 Å². The highest BCUT2D eigenvalue weighted by Crippen LogP contribution is 2.46. The Morgan fingerprint density at radius 2 is 1.55 bits per heavy atom. The van der Waals surface area contributed by atoms with Crippen molar-refractivity contribution in [1.29, 1.82) is 0 Å². The van der Waals surface area contributed by atoms with Crippen LogP contribution in [0, 0.1) is 19.8 Å². The highest BCUT2D eigenvalue weighted by molar-refractivity contribution is 5.68. The zero-order valence-electron chi connectivity index (χ0n) is 13.5.